The molecule has 2 unspecified atom stereocenters. The van der Waals surface area contributed by atoms with Gasteiger partial charge in [-0.15, -0.1) is 0 Å². The molecular weight excluding hydrogens is 244 g/mol. The smallest absolute Gasteiger partial charge is 0.335 e. The summed E-state index contributed by atoms with van der Waals surface area (Å²) in [6.45, 7) is 0. The molecule has 1 aromatic rings. The highest BCUT2D eigenvalue weighted by atomic mass is 16.6. The maximum Gasteiger partial charge on any atom is 0.335 e. The summed E-state index contributed by atoms with van der Waals surface area (Å²) >= 11 is 0. The average Bonchev–Trinajstić information content (AvgIpc) is 2.82. The second-order valence-corrected chi connectivity index (χ2v) is 4.08. The van der Waals surface area contributed by atoms with Crippen LogP contribution in [0.15, 0.2) is 48.2 Å². The molecule has 0 fully saturated rings. The van der Waals surface area contributed by atoms with Crippen LogP contribution in [-0.4, -0.2) is 32.4 Å². The van der Waals surface area contributed by atoms with Gasteiger partial charge in [-0.1, -0.05) is 42.5 Å². The number of rotatable bonds is 5. The second-order valence-electron chi connectivity index (χ2n) is 4.08. The van der Waals surface area contributed by atoms with Crippen LogP contribution < -0.4 is 0 Å². The SMILES string of the molecule is COC1=CC(=O)OC1C(/C=C/c1ccccc1)OC. The van der Waals surface area contributed by atoms with Gasteiger partial charge in [-0.3, -0.25) is 0 Å². The zero-order valence-electron chi connectivity index (χ0n) is 10.9. The summed E-state index contributed by atoms with van der Waals surface area (Å²) in [5, 5.41) is 0. The van der Waals surface area contributed by atoms with Crippen molar-refractivity contribution in [3.8, 4) is 0 Å². The molecule has 1 aliphatic heterocycles. The fourth-order valence-corrected chi connectivity index (χ4v) is 1.89. The number of hydrogen-bond donors (Lipinski definition) is 0. The predicted octanol–water partition coefficient (Wildman–Crippen LogP) is 2.17. The highest BCUT2D eigenvalue weighted by Crippen LogP contribution is 2.22. The van der Waals surface area contributed by atoms with Gasteiger partial charge in [0.15, 0.2) is 6.10 Å². The monoisotopic (exact) mass is 260 g/mol. The molecule has 4 nitrogen and oxygen atoms in total. The summed E-state index contributed by atoms with van der Waals surface area (Å²) in [4.78, 5) is 11.3. The van der Waals surface area contributed by atoms with Crippen molar-refractivity contribution in [1.29, 1.82) is 0 Å². The Balaban J connectivity index is 2.11. The predicted molar refractivity (Wildman–Crippen MR) is 71.2 cm³/mol. The van der Waals surface area contributed by atoms with E-state index in [2.05, 4.69) is 0 Å². The molecule has 0 saturated carbocycles. The Kier molecular flexibility index (Phi) is 4.36. The summed E-state index contributed by atoms with van der Waals surface area (Å²) in [7, 11) is 3.08. The highest BCUT2D eigenvalue weighted by molar-refractivity contribution is 5.85. The van der Waals surface area contributed by atoms with Crippen LogP contribution >= 0.6 is 0 Å². The van der Waals surface area contributed by atoms with Crippen molar-refractivity contribution in [3.05, 3.63) is 53.8 Å². The maximum absolute atomic E-state index is 11.3. The van der Waals surface area contributed by atoms with Crippen molar-refractivity contribution in [2.24, 2.45) is 0 Å². The molecule has 1 heterocycles. The van der Waals surface area contributed by atoms with Crippen molar-refractivity contribution in [2.75, 3.05) is 14.2 Å². The molecule has 100 valence electrons. The van der Waals surface area contributed by atoms with Crippen molar-refractivity contribution in [2.45, 2.75) is 12.2 Å². The molecule has 1 aliphatic rings. The number of ether oxygens (including phenoxy) is 3. The minimum Gasteiger partial charge on any atom is -0.497 e. The number of benzene rings is 1. The third kappa shape index (κ3) is 3.23. The number of carbonyl (C=O) groups excluding carboxylic acids is 1. The first-order valence-corrected chi connectivity index (χ1v) is 5.97. The van der Waals surface area contributed by atoms with Crippen LogP contribution in [-0.2, 0) is 19.0 Å². The van der Waals surface area contributed by atoms with Gasteiger partial charge in [0.05, 0.1) is 13.2 Å². The van der Waals surface area contributed by atoms with E-state index >= 15 is 0 Å². The first-order chi connectivity index (χ1) is 9.24. The summed E-state index contributed by atoms with van der Waals surface area (Å²) in [6, 6.07) is 9.83. The lowest BCUT2D eigenvalue weighted by Crippen LogP contribution is -2.29. The minimum absolute atomic E-state index is 0.377. The van der Waals surface area contributed by atoms with Crippen molar-refractivity contribution < 1.29 is 19.0 Å². The van der Waals surface area contributed by atoms with Gasteiger partial charge < -0.3 is 14.2 Å². The molecule has 0 radical (unpaired) electrons. The Morgan fingerprint density at radius 1 is 1.26 bits per heavy atom. The first kappa shape index (κ1) is 13.4. The van der Waals surface area contributed by atoms with E-state index in [1.807, 2.05) is 42.5 Å². The van der Waals surface area contributed by atoms with E-state index in [-0.39, 0.29) is 6.10 Å². The topological polar surface area (TPSA) is 44.8 Å². The van der Waals surface area contributed by atoms with Crippen LogP contribution in [0.25, 0.3) is 6.08 Å². The van der Waals surface area contributed by atoms with Crippen molar-refractivity contribution in [3.63, 3.8) is 0 Å². The molecular formula is C15H16O4. The van der Waals surface area contributed by atoms with Crippen molar-refractivity contribution >= 4 is 12.0 Å². The lowest BCUT2D eigenvalue weighted by atomic mass is 10.1. The van der Waals surface area contributed by atoms with E-state index in [1.165, 1.54) is 13.2 Å². The van der Waals surface area contributed by atoms with Crippen LogP contribution in [0.2, 0.25) is 0 Å². The maximum atomic E-state index is 11.3. The molecule has 1 aromatic carbocycles. The van der Waals surface area contributed by atoms with Gasteiger partial charge in [-0.25, -0.2) is 4.79 Å². The average molecular weight is 260 g/mol. The zero-order valence-corrected chi connectivity index (χ0v) is 10.9. The van der Waals surface area contributed by atoms with Crippen molar-refractivity contribution in [1.82, 2.24) is 0 Å². The quantitative estimate of drug-likeness (QED) is 0.761. The minimum atomic E-state index is -0.525. The van der Waals surface area contributed by atoms with Crippen LogP contribution in [0.5, 0.6) is 0 Å². The van der Waals surface area contributed by atoms with Gasteiger partial charge in [0, 0.05) is 7.11 Å². The van der Waals surface area contributed by atoms with E-state index < -0.39 is 12.1 Å². The number of hydrogen-bond acceptors (Lipinski definition) is 4. The normalized spacial score (nSPS) is 20.2. The first-order valence-electron chi connectivity index (χ1n) is 5.97. The van der Waals surface area contributed by atoms with E-state index in [1.54, 1.807) is 7.11 Å². The van der Waals surface area contributed by atoms with E-state index in [0.717, 1.165) is 5.56 Å². The van der Waals surface area contributed by atoms with Gasteiger partial charge in [0.2, 0.25) is 0 Å². The summed E-state index contributed by atoms with van der Waals surface area (Å²) in [6.07, 6.45) is 4.21. The fourth-order valence-electron chi connectivity index (χ4n) is 1.89. The van der Waals surface area contributed by atoms with E-state index in [4.69, 9.17) is 14.2 Å². The number of esters is 1. The molecule has 0 amide bonds. The molecule has 0 N–H and O–H groups in total. The number of carbonyl (C=O) groups is 1. The van der Waals surface area contributed by atoms with Gasteiger partial charge in [-0.2, -0.15) is 0 Å². The van der Waals surface area contributed by atoms with Crippen LogP contribution in [0.4, 0.5) is 0 Å². The second kappa shape index (κ2) is 6.20. The van der Waals surface area contributed by atoms with Gasteiger partial charge in [-0.05, 0) is 5.56 Å². The Morgan fingerprint density at radius 3 is 2.63 bits per heavy atom. The third-order valence-corrected chi connectivity index (χ3v) is 2.87. The van der Waals surface area contributed by atoms with E-state index in [0.29, 0.717) is 5.76 Å². The van der Waals surface area contributed by atoms with Gasteiger partial charge in [0.1, 0.15) is 11.9 Å². The summed E-state index contributed by atoms with van der Waals surface area (Å²) in [5.74, 6) is 0.0755. The number of cyclic esters (lactones) is 1. The van der Waals surface area contributed by atoms with Gasteiger partial charge >= 0.3 is 5.97 Å². The van der Waals surface area contributed by atoms with Crippen LogP contribution in [0.3, 0.4) is 0 Å². The third-order valence-electron chi connectivity index (χ3n) is 2.87. The highest BCUT2D eigenvalue weighted by Gasteiger charge is 2.33. The molecule has 2 atom stereocenters. The molecule has 19 heavy (non-hydrogen) atoms. The zero-order chi connectivity index (χ0) is 13.7. The molecule has 2 rings (SSSR count). The Bertz CT molecular complexity index is 490. The molecule has 0 saturated heterocycles. The molecule has 4 heteroatoms. The molecule has 0 bridgehead atoms. The Labute approximate surface area is 112 Å². The van der Waals surface area contributed by atoms with Gasteiger partial charge in [0.25, 0.3) is 0 Å². The van der Waals surface area contributed by atoms with Crippen LogP contribution in [0, 0.1) is 0 Å². The van der Waals surface area contributed by atoms with Crippen LogP contribution in [0.1, 0.15) is 5.56 Å². The molecule has 0 aromatic heterocycles. The summed E-state index contributed by atoms with van der Waals surface area (Å²) in [5.41, 5.74) is 1.05. The Hall–Kier alpha value is -2.07. The Morgan fingerprint density at radius 2 is 2.00 bits per heavy atom. The lowest BCUT2D eigenvalue weighted by Gasteiger charge is -2.20. The summed E-state index contributed by atoms with van der Waals surface area (Å²) < 4.78 is 15.7. The standard InChI is InChI=1S/C15H16O4/c1-17-12(9-8-11-6-4-3-5-7-11)15-13(18-2)10-14(16)19-15/h3-10,12,15H,1-2H3/b9-8+. The lowest BCUT2D eigenvalue weighted by molar-refractivity contribution is -0.143. The number of methoxy groups -OCH3 is 2. The molecule has 0 spiro atoms. The fraction of sp³-hybridized carbons (Fsp3) is 0.267. The molecule has 0 aliphatic carbocycles. The largest absolute Gasteiger partial charge is 0.497 e. The van der Waals surface area contributed by atoms with E-state index in [9.17, 15) is 4.79 Å².